The van der Waals surface area contributed by atoms with Crippen LogP contribution in [-0.4, -0.2) is 65.4 Å². The first-order valence-electron chi connectivity index (χ1n) is 9.27. The van der Waals surface area contributed by atoms with E-state index in [-0.39, 0.29) is 11.7 Å². The number of benzene rings is 1. The molecule has 0 saturated carbocycles. The Balaban J connectivity index is 1.54. The van der Waals surface area contributed by atoms with Crippen LogP contribution in [0, 0.1) is 0 Å². The summed E-state index contributed by atoms with van der Waals surface area (Å²) in [6, 6.07) is 8.82. The highest BCUT2D eigenvalue weighted by Crippen LogP contribution is 2.20. The van der Waals surface area contributed by atoms with Gasteiger partial charge in [-0.05, 0) is 30.2 Å². The van der Waals surface area contributed by atoms with Gasteiger partial charge in [-0.25, -0.2) is 18.4 Å². The van der Waals surface area contributed by atoms with Gasteiger partial charge in [-0.1, -0.05) is 37.2 Å². The highest BCUT2D eigenvalue weighted by molar-refractivity contribution is 7.99. The standard InChI is InChI=1S/C19H24N4O3S2/c1-2-4-16-5-7-17(8-6-16)28(25,26)23-13-11-22(12-14-23)18(24)15-27-19-20-9-3-10-21-19/h3,5-10H,2,4,11-15H2,1H3. The number of rotatable bonds is 7. The van der Waals surface area contributed by atoms with Gasteiger partial charge in [0, 0.05) is 38.6 Å². The number of carbonyl (C=O) groups is 1. The average Bonchev–Trinajstić information content (AvgIpc) is 2.73. The van der Waals surface area contributed by atoms with E-state index in [1.165, 1.54) is 16.1 Å². The fraction of sp³-hybridized carbons (Fsp3) is 0.421. The lowest BCUT2D eigenvalue weighted by atomic mass is 10.1. The van der Waals surface area contributed by atoms with Crippen molar-refractivity contribution in [2.75, 3.05) is 31.9 Å². The fourth-order valence-corrected chi connectivity index (χ4v) is 5.15. The first kappa shape index (κ1) is 20.8. The Bertz CT molecular complexity index is 881. The summed E-state index contributed by atoms with van der Waals surface area (Å²) in [7, 11) is -3.53. The SMILES string of the molecule is CCCc1ccc(S(=O)(=O)N2CCN(C(=O)CSc3ncccn3)CC2)cc1. The van der Waals surface area contributed by atoms with Crippen molar-refractivity contribution in [1.29, 1.82) is 0 Å². The molecule has 0 aliphatic carbocycles. The van der Waals surface area contributed by atoms with E-state index in [1.807, 2.05) is 12.1 Å². The van der Waals surface area contributed by atoms with E-state index in [9.17, 15) is 13.2 Å². The molecule has 28 heavy (non-hydrogen) atoms. The molecule has 2 aromatic rings. The van der Waals surface area contributed by atoms with E-state index in [2.05, 4.69) is 16.9 Å². The zero-order chi connectivity index (χ0) is 20.0. The minimum absolute atomic E-state index is 0.0292. The van der Waals surface area contributed by atoms with Crippen LogP contribution in [0.4, 0.5) is 0 Å². The second kappa shape index (κ2) is 9.49. The largest absolute Gasteiger partial charge is 0.339 e. The van der Waals surface area contributed by atoms with Crippen molar-refractivity contribution in [3.05, 3.63) is 48.3 Å². The Morgan fingerprint density at radius 3 is 2.32 bits per heavy atom. The molecule has 0 atom stereocenters. The molecule has 9 heteroatoms. The predicted octanol–water partition coefficient (Wildman–Crippen LogP) is 2.05. The highest BCUT2D eigenvalue weighted by Gasteiger charge is 2.30. The Hall–Kier alpha value is -1.97. The smallest absolute Gasteiger partial charge is 0.243 e. The number of sulfonamides is 1. The fourth-order valence-electron chi connectivity index (χ4n) is 3.02. The van der Waals surface area contributed by atoms with Gasteiger partial charge in [0.25, 0.3) is 0 Å². The quantitative estimate of drug-likeness (QED) is 0.504. The Labute approximate surface area is 170 Å². The van der Waals surface area contributed by atoms with Crippen molar-refractivity contribution in [1.82, 2.24) is 19.2 Å². The van der Waals surface area contributed by atoms with Crippen molar-refractivity contribution in [3.8, 4) is 0 Å². The van der Waals surface area contributed by atoms with Crippen molar-refractivity contribution in [3.63, 3.8) is 0 Å². The monoisotopic (exact) mass is 420 g/mol. The number of hydrogen-bond donors (Lipinski definition) is 0. The van der Waals surface area contributed by atoms with Gasteiger partial charge in [-0.15, -0.1) is 0 Å². The molecule has 1 aromatic heterocycles. The Morgan fingerprint density at radius 1 is 1.07 bits per heavy atom. The molecule has 1 aliphatic heterocycles. The first-order chi connectivity index (χ1) is 13.5. The molecule has 3 rings (SSSR count). The maximum atomic E-state index is 12.8. The third-order valence-electron chi connectivity index (χ3n) is 4.56. The lowest BCUT2D eigenvalue weighted by Crippen LogP contribution is -2.50. The molecule has 1 saturated heterocycles. The average molecular weight is 421 g/mol. The van der Waals surface area contributed by atoms with Gasteiger partial charge in [-0.3, -0.25) is 4.79 Å². The molecule has 1 aliphatic rings. The van der Waals surface area contributed by atoms with Gasteiger partial charge in [0.1, 0.15) is 0 Å². The summed E-state index contributed by atoms with van der Waals surface area (Å²) in [5, 5.41) is 0.559. The Kier molecular flexibility index (Phi) is 7.03. The summed E-state index contributed by atoms with van der Waals surface area (Å²) in [6.07, 6.45) is 5.24. The molecule has 7 nitrogen and oxygen atoms in total. The van der Waals surface area contributed by atoms with Crippen LogP contribution in [0.3, 0.4) is 0 Å². The van der Waals surface area contributed by atoms with Crippen molar-refractivity contribution < 1.29 is 13.2 Å². The van der Waals surface area contributed by atoms with Crippen LogP contribution in [-0.2, 0) is 21.2 Å². The normalized spacial score (nSPS) is 15.5. The van der Waals surface area contributed by atoms with Gasteiger partial charge in [0.15, 0.2) is 5.16 Å². The van der Waals surface area contributed by atoms with Crippen LogP contribution in [0.2, 0.25) is 0 Å². The maximum Gasteiger partial charge on any atom is 0.243 e. The minimum Gasteiger partial charge on any atom is -0.339 e. The lowest BCUT2D eigenvalue weighted by molar-refractivity contribution is -0.129. The van der Waals surface area contributed by atoms with Crippen LogP contribution in [0.25, 0.3) is 0 Å². The number of hydrogen-bond acceptors (Lipinski definition) is 6. The summed E-state index contributed by atoms with van der Waals surface area (Å²) < 4.78 is 27.1. The summed E-state index contributed by atoms with van der Waals surface area (Å²) in [5.74, 6) is 0.216. The van der Waals surface area contributed by atoms with Gasteiger partial charge < -0.3 is 4.90 Å². The number of aromatic nitrogens is 2. The summed E-state index contributed by atoms with van der Waals surface area (Å²) >= 11 is 1.29. The molecular weight excluding hydrogens is 396 g/mol. The molecule has 150 valence electrons. The molecule has 0 N–H and O–H groups in total. The van der Waals surface area contributed by atoms with E-state index in [4.69, 9.17) is 0 Å². The van der Waals surface area contributed by atoms with E-state index >= 15 is 0 Å². The van der Waals surface area contributed by atoms with Crippen LogP contribution in [0.1, 0.15) is 18.9 Å². The van der Waals surface area contributed by atoms with Crippen LogP contribution >= 0.6 is 11.8 Å². The molecular formula is C19H24N4O3S2. The highest BCUT2D eigenvalue weighted by atomic mass is 32.2. The van der Waals surface area contributed by atoms with Gasteiger partial charge >= 0.3 is 0 Å². The van der Waals surface area contributed by atoms with Crippen LogP contribution in [0.5, 0.6) is 0 Å². The molecule has 1 amide bonds. The number of piperazine rings is 1. The number of amides is 1. The predicted molar refractivity (Wildman–Crippen MR) is 109 cm³/mol. The summed E-state index contributed by atoms with van der Waals surface area (Å²) in [5.41, 5.74) is 1.14. The topological polar surface area (TPSA) is 83.5 Å². The Morgan fingerprint density at radius 2 is 1.71 bits per heavy atom. The van der Waals surface area contributed by atoms with E-state index < -0.39 is 10.0 Å². The van der Waals surface area contributed by atoms with Crippen molar-refractivity contribution in [2.45, 2.75) is 29.8 Å². The minimum atomic E-state index is -3.53. The first-order valence-corrected chi connectivity index (χ1v) is 11.7. The van der Waals surface area contributed by atoms with Crippen molar-refractivity contribution in [2.24, 2.45) is 0 Å². The number of nitrogens with zero attached hydrogens (tertiary/aromatic N) is 4. The summed E-state index contributed by atoms with van der Waals surface area (Å²) in [4.78, 5) is 22.6. The zero-order valence-electron chi connectivity index (χ0n) is 15.8. The van der Waals surface area contributed by atoms with E-state index in [1.54, 1.807) is 35.5 Å². The molecule has 0 radical (unpaired) electrons. The van der Waals surface area contributed by atoms with E-state index in [0.29, 0.717) is 36.2 Å². The number of carbonyl (C=O) groups excluding carboxylic acids is 1. The third kappa shape index (κ3) is 5.09. The van der Waals surface area contributed by atoms with Gasteiger partial charge in [-0.2, -0.15) is 4.31 Å². The molecule has 1 fully saturated rings. The van der Waals surface area contributed by atoms with Gasteiger partial charge in [0.05, 0.1) is 10.6 Å². The molecule has 0 unspecified atom stereocenters. The van der Waals surface area contributed by atoms with Crippen molar-refractivity contribution >= 4 is 27.7 Å². The second-order valence-electron chi connectivity index (χ2n) is 6.50. The number of thioether (sulfide) groups is 1. The molecule has 1 aromatic carbocycles. The molecule has 2 heterocycles. The van der Waals surface area contributed by atoms with Gasteiger partial charge in [0.2, 0.25) is 15.9 Å². The number of aryl methyl sites for hydroxylation is 1. The molecule has 0 spiro atoms. The second-order valence-corrected chi connectivity index (χ2v) is 9.38. The van der Waals surface area contributed by atoms with Crippen LogP contribution < -0.4 is 0 Å². The zero-order valence-corrected chi connectivity index (χ0v) is 17.5. The lowest BCUT2D eigenvalue weighted by Gasteiger charge is -2.34. The van der Waals surface area contributed by atoms with E-state index in [0.717, 1.165) is 18.4 Å². The van der Waals surface area contributed by atoms with Crippen LogP contribution in [0.15, 0.2) is 52.8 Å². The maximum absolute atomic E-state index is 12.8. The third-order valence-corrected chi connectivity index (χ3v) is 7.33. The molecule has 0 bridgehead atoms. The summed E-state index contributed by atoms with van der Waals surface area (Å²) in [6.45, 7) is 3.48.